The van der Waals surface area contributed by atoms with Gasteiger partial charge in [-0.1, -0.05) is 6.92 Å². The lowest BCUT2D eigenvalue weighted by Crippen LogP contribution is -2.29. The molecule has 2 atom stereocenters. The lowest BCUT2D eigenvalue weighted by Gasteiger charge is -2.17. The molecule has 0 aromatic heterocycles. The average Bonchev–Trinajstić information content (AvgIpc) is 2.79. The zero-order valence-corrected chi connectivity index (χ0v) is 9.63. The quantitative estimate of drug-likeness (QED) is 0.676. The van der Waals surface area contributed by atoms with Crippen molar-refractivity contribution < 1.29 is 8.42 Å². The molecule has 0 spiro atoms. The maximum Gasteiger partial charge on any atom is 0.151 e. The van der Waals surface area contributed by atoms with Crippen LogP contribution in [0.5, 0.6) is 0 Å². The predicted molar refractivity (Wildman–Crippen MR) is 54.5 cm³/mol. The molecule has 1 fully saturated rings. The molecule has 0 radical (unpaired) electrons. The monoisotopic (exact) mass is 216 g/mol. The summed E-state index contributed by atoms with van der Waals surface area (Å²) in [5.41, 5.74) is -0.641. The summed E-state index contributed by atoms with van der Waals surface area (Å²) in [4.78, 5) is 1.98. The molecule has 0 amide bonds. The Morgan fingerprint density at radius 2 is 2.21 bits per heavy atom. The Bertz CT molecular complexity index is 357. The standard InChI is InChI=1S/C9H16N2O2S/c1-4-11(2)7-9(6-10)5-8(9)14(3,12)13/h8H,4-5,7H2,1-3H3. The second kappa shape index (κ2) is 3.52. The molecule has 0 N–H and O–H groups in total. The Morgan fingerprint density at radius 1 is 1.64 bits per heavy atom. The van der Waals surface area contributed by atoms with E-state index in [2.05, 4.69) is 6.07 Å². The van der Waals surface area contributed by atoms with Gasteiger partial charge in [0, 0.05) is 12.8 Å². The highest BCUT2D eigenvalue weighted by molar-refractivity contribution is 7.91. The first kappa shape index (κ1) is 11.5. The lowest BCUT2D eigenvalue weighted by atomic mass is 10.1. The SMILES string of the molecule is CCN(C)CC1(C#N)CC1S(C)(=O)=O. The highest BCUT2D eigenvalue weighted by Crippen LogP contribution is 2.50. The van der Waals surface area contributed by atoms with Crippen LogP contribution in [-0.4, -0.2) is 45.0 Å². The van der Waals surface area contributed by atoms with E-state index in [1.54, 1.807) is 0 Å². The summed E-state index contributed by atoms with van der Waals surface area (Å²) in [6.45, 7) is 3.38. The summed E-state index contributed by atoms with van der Waals surface area (Å²) >= 11 is 0. The third-order valence-corrected chi connectivity index (χ3v) is 4.49. The van der Waals surface area contributed by atoms with Gasteiger partial charge in [-0.15, -0.1) is 0 Å². The number of nitriles is 1. The molecule has 1 aliphatic rings. The fraction of sp³-hybridized carbons (Fsp3) is 0.889. The highest BCUT2D eigenvalue weighted by Gasteiger charge is 2.60. The van der Waals surface area contributed by atoms with Gasteiger partial charge in [-0.3, -0.25) is 0 Å². The van der Waals surface area contributed by atoms with Gasteiger partial charge in [-0.25, -0.2) is 8.42 Å². The Morgan fingerprint density at radius 3 is 2.50 bits per heavy atom. The van der Waals surface area contributed by atoms with Crippen molar-refractivity contribution in [3.63, 3.8) is 0 Å². The normalized spacial score (nSPS) is 31.5. The number of rotatable bonds is 4. The van der Waals surface area contributed by atoms with E-state index in [1.807, 2.05) is 18.9 Å². The molecule has 5 heteroatoms. The summed E-state index contributed by atoms with van der Waals surface area (Å²) in [6, 6.07) is 2.15. The van der Waals surface area contributed by atoms with E-state index in [4.69, 9.17) is 5.26 Å². The van der Waals surface area contributed by atoms with Gasteiger partial charge in [0.1, 0.15) is 0 Å². The molecule has 1 rings (SSSR count). The second-order valence-electron chi connectivity index (χ2n) is 4.12. The van der Waals surface area contributed by atoms with Crippen LogP contribution in [0, 0.1) is 16.7 Å². The lowest BCUT2D eigenvalue weighted by molar-refractivity contribution is 0.309. The van der Waals surface area contributed by atoms with Crippen molar-refractivity contribution in [3.8, 4) is 6.07 Å². The average molecular weight is 216 g/mol. The van der Waals surface area contributed by atoms with E-state index in [9.17, 15) is 8.42 Å². The zero-order chi connectivity index (χ0) is 11.0. The third kappa shape index (κ3) is 2.07. The maximum atomic E-state index is 11.3. The maximum absolute atomic E-state index is 11.3. The van der Waals surface area contributed by atoms with Crippen LogP contribution < -0.4 is 0 Å². The Kier molecular flexibility index (Phi) is 2.88. The Balaban J connectivity index is 2.73. The van der Waals surface area contributed by atoms with E-state index >= 15 is 0 Å². The van der Waals surface area contributed by atoms with Crippen molar-refractivity contribution >= 4 is 9.84 Å². The van der Waals surface area contributed by atoms with Crippen LogP contribution in [0.15, 0.2) is 0 Å². The van der Waals surface area contributed by atoms with Crippen LogP contribution in [0.1, 0.15) is 13.3 Å². The van der Waals surface area contributed by atoms with Crippen LogP contribution in [0.2, 0.25) is 0 Å². The topological polar surface area (TPSA) is 61.2 Å². The molecule has 0 heterocycles. The number of nitrogens with zero attached hydrogens (tertiary/aromatic N) is 2. The minimum atomic E-state index is -3.05. The van der Waals surface area contributed by atoms with Crippen molar-refractivity contribution in [2.45, 2.75) is 18.6 Å². The first-order valence-electron chi connectivity index (χ1n) is 4.64. The number of hydrogen-bond acceptors (Lipinski definition) is 4. The van der Waals surface area contributed by atoms with E-state index in [0.29, 0.717) is 13.0 Å². The van der Waals surface area contributed by atoms with Gasteiger partial charge in [0.15, 0.2) is 9.84 Å². The fourth-order valence-corrected chi connectivity index (χ4v) is 3.29. The predicted octanol–water partition coefficient (Wildman–Crippen LogP) is 0.265. The summed E-state index contributed by atoms with van der Waals surface area (Å²) in [5.74, 6) is 0. The van der Waals surface area contributed by atoms with Gasteiger partial charge in [0.25, 0.3) is 0 Å². The second-order valence-corrected chi connectivity index (χ2v) is 6.35. The smallest absolute Gasteiger partial charge is 0.151 e. The van der Waals surface area contributed by atoms with Crippen LogP contribution in [-0.2, 0) is 9.84 Å². The van der Waals surface area contributed by atoms with E-state index in [0.717, 1.165) is 6.54 Å². The van der Waals surface area contributed by atoms with Crippen molar-refractivity contribution in [2.24, 2.45) is 5.41 Å². The molecule has 80 valence electrons. The van der Waals surface area contributed by atoms with Crippen molar-refractivity contribution in [1.29, 1.82) is 5.26 Å². The molecule has 14 heavy (non-hydrogen) atoms. The number of sulfone groups is 1. The largest absolute Gasteiger partial charge is 0.305 e. The summed E-state index contributed by atoms with van der Waals surface area (Å²) in [5, 5.41) is 8.54. The van der Waals surface area contributed by atoms with Gasteiger partial charge in [0.05, 0.1) is 16.7 Å². The molecule has 1 aliphatic carbocycles. The Hall–Kier alpha value is -0.600. The summed E-state index contributed by atoms with van der Waals surface area (Å²) < 4.78 is 22.5. The van der Waals surface area contributed by atoms with Crippen LogP contribution in [0.4, 0.5) is 0 Å². The van der Waals surface area contributed by atoms with E-state index in [-0.39, 0.29) is 0 Å². The molecule has 0 aliphatic heterocycles. The number of hydrogen-bond donors (Lipinski definition) is 0. The summed E-state index contributed by atoms with van der Waals surface area (Å²) in [6.07, 6.45) is 1.70. The highest BCUT2D eigenvalue weighted by atomic mass is 32.2. The molecule has 0 saturated heterocycles. The van der Waals surface area contributed by atoms with Gasteiger partial charge in [-0.2, -0.15) is 5.26 Å². The van der Waals surface area contributed by atoms with Crippen LogP contribution >= 0.6 is 0 Å². The fourth-order valence-electron chi connectivity index (χ4n) is 1.75. The van der Waals surface area contributed by atoms with Crippen molar-refractivity contribution in [2.75, 3.05) is 26.4 Å². The van der Waals surface area contributed by atoms with Crippen LogP contribution in [0.25, 0.3) is 0 Å². The molecule has 0 aromatic rings. The van der Waals surface area contributed by atoms with E-state index < -0.39 is 20.5 Å². The summed E-state index contributed by atoms with van der Waals surface area (Å²) in [7, 11) is -1.15. The van der Waals surface area contributed by atoms with Gasteiger partial charge >= 0.3 is 0 Å². The molecule has 0 aromatic carbocycles. The minimum absolute atomic E-state index is 0.450. The first-order chi connectivity index (χ1) is 6.35. The van der Waals surface area contributed by atoms with Gasteiger partial charge < -0.3 is 4.90 Å². The van der Waals surface area contributed by atoms with Crippen LogP contribution in [0.3, 0.4) is 0 Å². The molecular weight excluding hydrogens is 200 g/mol. The molecule has 2 unspecified atom stereocenters. The van der Waals surface area contributed by atoms with Gasteiger partial charge in [-0.05, 0) is 20.0 Å². The zero-order valence-electron chi connectivity index (χ0n) is 8.82. The molecule has 0 bridgehead atoms. The molecule has 1 saturated carbocycles. The van der Waals surface area contributed by atoms with Gasteiger partial charge in [0.2, 0.25) is 0 Å². The third-order valence-electron chi connectivity index (χ3n) is 2.84. The van der Waals surface area contributed by atoms with E-state index in [1.165, 1.54) is 6.26 Å². The Labute approximate surface area is 85.4 Å². The van der Waals surface area contributed by atoms with Crippen molar-refractivity contribution in [1.82, 2.24) is 4.90 Å². The first-order valence-corrected chi connectivity index (χ1v) is 6.60. The molecular formula is C9H16N2O2S. The van der Waals surface area contributed by atoms with Crippen molar-refractivity contribution in [3.05, 3.63) is 0 Å². The molecule has 4 nitrogen and oxygen atoms in total. The minimum Gasteiger partial charge on any atom is -0.305 e.